The van der Waals surface area contributed by atoms with Gasteiger partial charge in [-0.3, -0.25) is 0 Å². The predicted octanol–water partition coefficient (Wildman–Crippen LogP) is 0.0692. The Balaban J connectivity index is 1.59. The SMILES string of the molecule is O=C1OCc2c1c(-c1ccc3c(c1)OCO3)c1cc(CO)c(CO)cc1c2OC1O[C@H](CO)[C@H](O)[C@H](O)[C@H]1O. The number of esters is 1. The molecule has 0 saturated carbocycles. The van der Waals surface area contributed by atoms with Gasteiger partial charge in [-0.1, -0.05) is 6.07 Å². The summed E-state index contributed by atoms with van der Waals surface area (Å²) in [5.74, 6) is 0.481. The zero-order chi connectivity index (χ0) is 27.4. The number of carbonyl (C=O) groups is 1. The highest BCUT2D eigenvalue weighted by Gasteiger charge is 2.45. The number of aliphatic hydroxyl groups excluding tert-OH is 6. The van der Waals surface area contributed by atoms with E-state index in [0.717, 1.165) is 0 Å². The van der Waals surface area contributed by atoms with Crippen molar-refractivity contribution in [2.45, 2.75) is 50.5 Å². The maximum atomic E-state index is 13.1. The molecule has 3 aromatic carbocycles. The van der Waals surface area contributed by atoms with E-state index in [1.54, 1.807) is 30.3 Å². The summed E-state index contributed by atoms with van der Waals surface area (Å²) in [4.78, 5) is 13.1. The van der Waals surface area contributed by atoms with Gasteiger partial charge < -0.3 is 54.3 Å². The van der Waals surface area contributed by atoms with E-state index in [9.17, 15) is 35.4 Å². The first kappa shape index (κ1) is 25.8. The fraction of sp³-hybridized carbons (Fsp3) is 0.370. The first-order valence-electron chi connectivity index (χ1n) is 12.3. The number of ether oxygens (including phenoxy) is 5. The van der Waals surface area contributed by atoms with Crippen LogP contribution in [0.1, 0.15) is 27.0 Å². The van der Waals surface area contributed by atoms with Crippen molar-refractivity contribution >= 4 is 16.7 Å². The number of aliphatic hydroxyl groups is 6. The van der Waals surface area contributed by atoms with E-state index in [-0.39, 0.29) is 24.7 Å². The topological polar surface area (TPSA) is 185 Å². The molecule has 0 aliphatic carbocycles. The van der Waals surface area contributed by atoms with E-state index >= 15 is 0 Å². The van der Waals surface area contributed by atoms with E-state index in [4.69, 9.17) is 23.7 Å². The highest BCUT2D eigenvalue weighted by Crippen LogP contribution is 2.48. The van der Waals surface area contributed by atoms with Crippen molar-refractivity contribution in [2.24, 2.45) is 0 Å². The summed E-state index contributed by atoms with van der Waals surface area (Å²) in [7, 11) is 0. The maximum absolute atomic E-state index is 13.1. The van der Waals surface area contributed by atoms with Crippen molar-refractivity contribution in [3.63, 3.8) is 0 Å². The lowest BCUT2D eigenvalue weighted by molar-refractivity contribution is -0.277. The van der Waals surface area contributed by atoms with Gasteiger partial charge in [0.2, 0.25) is 13.1 Å². The van der Waals surface area contributed by atoms with Gasteiger partial charge in [-0.25, -0.2) is 4.79 Å². The van der Waals surface area contributed by atoms with E-state index in [1.165, 1.54) is 0 Å². The van der Waals surface area contributed by atoms with Crippen LogP contribution in [-0.2, 0) is 29.3 Å². The molecule has 3 aromatic rings. The van der Waals surface area contributed by atoms with Crippen LogP contribution in [0.5, 0.6) is 17.2 Å². The predicted molar refractivity (Wildman–Crippen MR) is 131 cm³/mol. The summed E-state index contributed by atoms with van der Waals surface area (Å²) < 4.78 is 28.0. The first-order valence-corrected chi connectivity index (χ1v) is 12.3. The van der Waals surface area contributed by atoms with Gasteiger partial charge in [0, 0.05) is 16.5 Å². The third kappa shape index (κ3) is 4.08. The number of carbonyl (C=O) groups excluding carboxylic acids is 1. The molecule has 5 atom stereocenters. The van der Waals surface area contributed by atoms with Crippen molar-refractivity contribution in [2.75, 3.05) is 13.4 Å². The molecule has 0 spiro atoms. The standard InChI is InChI=1S/C27H26O12/c28-6-12-3-14-15(4-13(12)7-29)25(39-27-24(33)23(32)22(31)19(8-30)38-27)16-9-35-26(34)21(16)20(14)11-1-2-17-18(5-11)37-10-36-17/h1-5,19,22-24,27-33H,6-10H2/t19-,22+,23+,24-,27?/m1/s1. The average Bonchev–Trinajstić information content (AvgIpc) is 3.58. The minimum absolute atomic E-state index is 0.0556. The molecule has 0 bridgehead atoms. The number of hydrogen-bond acceptors (Lipinski definition) is 12. The number of fused-ring (bicyclic) bond motifs is 3. The van der Waals surface area contributed by atoms with Crippen LogP contribution in [0.25, 0.3) is 21.9 Å². The second-order valence-electron chi connectivity index (χ2n) is 9.50. The molecular weight excluding hydrogens is 516 g/mol. The summed E-state index contributed by atoms with van der Waals surface area (Å²) >= 11 is 0. The summed E-state index contributed by atoms with van der Waals surface area (Å²) in [5.41, 5.74) is 2.39. The Morgan fingerprint density at radius 3 is 2.26 bits per heavy atom. The van der Waals surface area contributed by atoms with Gasteiger partial charge in [0.1, 0.15) is 36.8 Å². The molecule has 1 fully saturated rings. The molecule has 1 unspecified atom stereocenters. The lowest BCUT2D eigenvalue weighted by Crippen LogP contribution is -2.60. The maximum Gasteiger partial charge on any atom is 0.339 e. The summed E-state index contributed by atoms with van der Waals surface area (Å²) in [5, 5.41) is 61.6. The fourth-order valence-electron chi connectivity index (χ4n) is 5.28. The zero-order valence-electron chi connectivity index (χ0n) is 20.4. The Bertz CT molecular complexity index is 1450. The number of cyclic esters (lactones) is 1. The number of benzene rings is 3. The van der Waals surface area contributed by atoms with Gasteiger partial charge in [-0.05, 0) is 46.3 Å². The Hall–Kier alpha value is -3.49. The average molecular weight is 542 g/mol. The van der Waals surface area contributed by atoms with Crippen molar-refractivity contribution < 1.29 is 59.1 Å². The summed E-state index contributed by atoms with van der Waals surface area (Å²) in [6.07, 6.45) is -7.71. The molecule has 1 saturated heterocycles. The molecule has 6 N–H and O–H groups in total. The lowest BCUT2D eigenvalue weighted by Gasteiger charge is -2.40. The Kier molecular flexibility index (Phi) is 6.55. The van der Waals surface area contributed by atoms with E-state index in [2.05, 4.69) is 0 Å². The first-order chi connectivity index (χ1) is 18.9. The van der Waals surface area contributed by atoms with Crippen LogP contribution in [0.15, 0.2) is 30.3 Å². The molecule has 3 aliphatic heterocycles. The monoisotopic (exact) mass is 542 g/mol. The summed E-state index contributed by atoms with van der Waals surface area (Å²) in [6, 6.07) is 8.42. The molecule has 0 amide bonds. The normalized spacial score (nSPS) is 25.6. The van der Waals surface area contributed by atoms with Crippen molar-refractivity contribution in [3.8, 4) is 28.4 Å². The van der Waals surface area contributed by atoms with Crippen LogP contribution < -0.4 is 14.2 Å². The van der Waals surface area contributed by atoms with Crippen molar-refractivity contribution in [1.82, 2.24) is 0 Å². The zero-order valence-corrected chi connectivity index (χ0v) is 20.4. The molecule has 3 heterocycles. The largest absolute Gasteiger partial charge is 0.461 e. The Morgan fingerprint density at radius 1 is 0.821 bits per heavy atom. The van der Waals surface area contributed by atoms with Gasteiger partial charge in [0.15, 0.2) is 11.5 Å². The second-order valence-corrected chi connectivity index (χ2v) is 9.50. The van der Waals surface area contributed by atoms with Crippen LogP contribution in [-0.4, -0.2) is 80.7 Å². The number of rotatable bonds is 6. The van der Waals surface area contributed by atoms with Crippen molar-refractivity contribution in [1.29, 1.82) is 0 Å². The smallest absolute Gasteiger partial charge is 0.339 e. The summed E-state index contributed by atoms with van der Waals surface area (Å²) in [6.45, 7) is -1.57. The van der Waals surface area contributed by atoms with Gasteiger partial charge >= 0.3 is 5.97 Å². The molecular formula is C27H26O12. The van der Waals surface area contributed by atoms with Crippen LogP contribution in [0.3, 0.4) is 0 Å². The molecule has 206 valence electrons. The Morgan fingerprint density at radius 2 is 1.54 bits per heavy atom. The molecule has 0 aromatic heterocycles. The van der Waals surface area contributed by atoms with Crippen LogP contribution in [0.2, 0.25) is 0 Å². The highest BCUT2D eigenvalue weighted by molar-refractivity contribution is 6.13. The molecule has 3 aliphatic rings. The molecule has 0 radical (unpaired) electrons. The highest BCUT2D eigenvalue weighted by atomic mass is 16.7. The number of hydrogen-bond donors (Lipinski definition) is 6. The molecule has 6 rings (SSSR count). The second kappa shape index (κ2) is 9.92. The minimum atomic E-state index is -1.70. The van der Waals surface area contributed by atoms with Gasteiger partial charge in [0.25, 0.3) is 0 Å². The van der Waals surface area contributed by atoms with Crippen LogP contribution >= 0.6 is 0 Å². The van der Waals surface area contributed by atoms with E-state index in [0.29, 0.717) is 50.1 Å². The fourth-order valence-corrected chi connectivity index (χ4v) is 5.28. The van der Waals surface area contributed by atoms with Gasteiger partial charge in [-0.2, -0.15) is 0 Å². The van der Waals surface area contributed by atoms with Crippen LogP contribution in [0, 0.1) is 0 Å². The van der Waals surface area contributed by atoms with E-state index < -0.39 is 56.5 Å². The van der Waals surface area contributed by atoms with Crippen LogP contribution in [0.4, 0.5) is 0 Å². The minimum Gasteiger partial charge on any atom is -0.461 e. The Labute approximate surface area is 221 Å². The van der Waals surface area contributed by atoms with Crippen molar-refractivity contribution in [3.05, 3.63) is 52.6 Å². The quantitative estimate of drug-likeness (QED) is 0.231. The molecule has 12 nitrogen and oxygen atoms in total. The van der Waals surface area contributed by atoms with Gasteiger partial charge in [-0.15, -0.1) is 0 Å². The van der Waals surface area contributed by atoms with Gasteiger partial charge in [0.05, 0.1) is 25.4 Å². The molecule has 39 heavy (non-hydrogen) atoms. The lowest BCUT2D eigenvalue weighted by atomic mass is 9.87. The third-order valence-electron chi connectivity index (χ3n) is 7.32. The van der Waals surface area contributed by atoms with E-state index in [1.807, 2.05) is 0 Å². The third-order valence-corrected chi connectivity index (χ3v) is 7.32. The molecule has 12 heteroatoms.